The van der Waals surface area contributed by atoms with Crippen molar-refractivity contribution >= 4 is 17.9 Å². The number of hydrogen-bond acceptors (Lipinski definition) is 11. The van der Waals surface area contributed by atoms with Crippen LogP contribution in [-0.2, 0) is 42.8 Å². The van der Waals surface area contributed by atoms with Crippen molar-refractivity contribution < 1.29 is 58.1 Å². The van der Waals surface area contributed by atoms with Gasteiger partial charge in [0, 0.05) is 56.5 Å². The van der Waals surface area contributed by atoms with E-state index in [9.17, 15) is 24.6 Å². The van der Waals surface area contributed by atoms with E-state index >= 15 is 0 Å². The lowest BCUT2D eigenvalue weighted by molar-refractivity contribution is -0.333. The first-order valence-corrected chi connectivity index (χ1v) is 18.0. The molecular formula is C40H62O12. The fourth-order valence-electron chi connectivity index (χ4n) is 7.30. The molecule has 0 radical (unpaired) electrons. The van der Waals surface area contributed by atoms with Crippen molar-refractivity contribution in [2.45, 2.75) is 118 Å². The van der Waals surface area contributed by atoms with E-state index < -0.39 is 72.2 Å². The van der Waals surface area contributed by atoms with Crippen LogP contribution in [0.4, 0.5) is 0 Å². The fraction of sp³-hybridized carbons (Fsp3) is 0.675. The zero-order valence-corrected chi connectivity index (χ0v) is 32.9. The third-order valence-electron chi connectivity index (χ3n) is 10.4. The number of ether oxygens (including phenoxy) is 6. The number of rotatable bonds is 11. The highest BCUT2D eigenvalue weighted by Gasteiger charge is 2.55. The largest absolute Gasteiger partial charge is 0.490 e. The number of cyclic esters (lactones) is 1. The van der Waals surface area contributed by atoms with E-state index in [1.54, 1.807) is 46.1 Å². The predicted octanol–water partition coefficient (Wildman–Crippen LogP) is 5.54. The van der Waals surface area contributed by atoms with Crippen molar-refractivity contribution in [2.75, 3.05) is 21.3 Å². The highest BCUT2D eigenvalue weighted by Crippen LogP contribution is 2.45. The van der Waals surface area contributed by atoms with E-state index in [1.807, 2.05) is 53.7 Å². The first-order chi connectivity index (χ1) is 24.3. The number of aliphatic hydroxyl groups excluding tert-OH is 2. The lowest BCUT2D eigenvalue weighted by atomic mass is 9.76. The van der Waals surface area contributed by atoms with Gasteiger partial charge in [-0.25, -0.2) is 14.4 Å². The number of carboxylic acid groups (broad SMARTS) is 1. The van der Waals surface area contributed by atoms with Crippen molar-refractivity contribution in [3.63, 3.8) is 0 Å². The second kappa shape index (κ2) is 20.2. The average Bonchev–Trinajstić information content (AvgIpc) is 3.09. The molecule has 2 rings (SSSR count). The van der Waals surface area contributed by atoms with Crippen LogP contribution in [0.25, 0.3) is 0 Å². The Labute approximate surface area is 309 Å². The monoisotopic (exact) mass is 734 g/mol. The quantitative estimate of drug-likeness (QED) is 0.180. The molecule has 12 heteroatoms. The van der Waals surface area contributed by atoms with Crippen LogP contribution in [0.5, 0.6) is 0 Å². The van der Waals surface area contributed by atoms with Crippen LogP contribution in [0, 0.1) is 35.5 Å². The molecule has 12 unspecified atom stereocenters. The Morgan fingerprint density at radius 2 is 1.67 bits per heavy atom. The third-order valence-corrected chi connectivity index (χ3v) is 10.4. The first-order valence-electron chi connectivity index (χ1n) is 18.0. The van der Waals surface area contributed by atoms with E-state index in [2.05, 4.69) is 0 Å². The Balaban J connectivity index is 2.69. The minimum atomic E-state index is -1.76. The van der Waals surface area contributed by atoms with Crippen molar-refractivity contribution in [2.24, 2.45) is 35.5 Å². The van der Waals surface area contributed by atoms with Crippen molar-refractivity contribution in [1.29, 1.82) is 0 Å². The molecule has 0 aromatic heterocycles. The Morgan fingerprint density at radius 1 is 1.02 bits per heavy atom. The molecule has 52 heavy (non-hydrogen) atoms. The van der Waals surface area contributed by atoms with Crippen LogP contribution in [0.1, 0.15) is 75.2 Å². The maximum atomic E-state index is 13.7. The van der Waals surface area contributed by atoms with Gasteiger partial charge in [0.1, 0.15) is 12.2 Å². The molecule has 12 nitrogen and oxygen atoms in total. The minimum absolute atomic E-state index is 0.0399. The van der Waals surface area contributed by atoms with Gasteiger partial charge < -0.3 is 43.7 Å². The molecule has 0 aromatic carbocycles. The number of methoxy groups -OCH3 is 3. The van der Waals surface area contributed by atoms with Crippen LogP contribution >= 0.6 is 0 Å². The number of allylic oxidation sites excluding steroid dienone is 5. The summed E-state index contributed by atoms with van der Waals surface area (Å²) in [5, 5.41) is 32.3. The zero-order valence-electron chi connectivity index (χ0n) is 32.9. The van der Waals surface area contributed by atoms with Gasteiger partial charge in [0.05, 0.1) is 31.5 Å². The second-order valence-corrected chi connectivity index (χ2v) is 14.8. The summed E-state index contributed by atoms with van der Waals surface area (Å²) in [6.07, 6.45) is 6.20. The van der Waals surface area contributed by atoms with Crippen molar-refractivity contribution in [1.82, 2.24) is 0 Å². The van der Waals surface area contributed by atoms with Crippen LogP contribution in [0.2, 0.25) is 0 Å². The smallest absolute Gasteiger partial charge is 0.373 e. The van der Waals surface area contributed by atoms with Gasteiger partial charge in [-0.1, -0.05) is 83.9 Å². The molecule has 0 amide bonds. The summed E-state index contributed by atoms with van der Waals surface area (Å²) in [7, 11) is 4.37. The molecule has 2 aliphatic rings. The lowest BCUT2D eigenvalue weighted by Crippen LogP contribution is -2.61. The molecule has 2 aliphatic heterocycles. The van der Waals surface area contributed by atoms with Gasteiger partial charge in [-0.05, 0) is 38.2 Å². The zero-order chi connectivity index (χ0) is 39.5. The van der Waals surface area contributed by atoms with Gasteiger partial charge in [-0.15, -0.1) is 0 Å². The van der Waals surface area contributed by atoms with Gasteiger partial charge >= 0.3 is 17.9 Å². The van der Waals surface area contributed by atoms with Gasteiger partial charge in [-0.2, -0.15) is 0 Å². The number of carbonyl (C=O) groups excluding carboxylic acids is 2. The number of esters is 2. The maximum absolute atomic E-state index is 13.7. The van der Waals surface area contributed by atoms with E-state index in [-0.39, 0.29) is 35.9 Å². The summed E-state index contributed by atoms with van der Waals surface area (Å²) in [6.45, 7) is 16.9. The topological polar surface area (TPSA) is 167 Å². The Kier molecular flexibility index (Phi) is 17.5. The molecule has 294 valence electrons. The minimum Gasteiger partial charge on any atom is -0.490 e. The second-order valence-electron chi connectivity index (χ2n) is 14.8. The van der Waals surface area contributed by atoms with Gasteiger partial charge in [0.25, 0.3) is 0 Å². The number of carboxylic acids is 1. The molecule has 1 saturated heterocycles. The highest BCUT2D eigenvalue weighted by atomic mass is 16.7. The van der Waals surface area contributed by atoms with Gasteiger partial charge in [0.15, 0.2) is 0 Å². The first kappa shape index (κ1) is 44.9. The molecule has 1 fully saturated rings. The molecule has 0 saturated carbocycles. The molecule has 2 heterocycles. The summed E-state index contributed by atoms with van der Waals surface area (Å²) in [5.74, 6) is -7.15. The van der Waals surface area contributed by atoms with E-state index in [4.69, 9.17) is 33.5 Å². The number of aliphatic hydroxyl groups is 2. The Morgan fingerprint density at radius 3 is 2.23 bits per heavy atom. The van der Waals surface area contributed by atoms with Crippen LogP contribution in [0.15, 0.2) is 59.4 Å². The van der Waals surface area contributed by atoms with E-state index in [0.29, 0.717) is 18.1 Å². The SMILES string of the molecule is COC1=CC(C)=CC(C)C(O)C(C)CC(C)=CC=CC(OC)C(C(C)C(O)C(C)C2(OC(=O)C=CC(=O)O)CC(OC)C(C)C(C(C)C)O2)OC1=O. The average molecular weight is 735 g/mol. The normalized spacial score (nSPS) is 33.0. The molecule has 0 spiro atoms. The molecule has 0 bridgehead atoms. The van der Waals surface area contributed by atoms with Crippen LogP contribution in [-0.4, -0.2) is 97.0 Å². The third kappa shape index (κ3) is 11.9. The summed E-state index contributed by atoms with van der Waals surface area (Å²) in [4.78, 5) is 38.0. The lowest BCUT2D eigenvalue weighted by Gasteiger charge is -2.51. The Bertz CT molecular complexity index is 1360. The maximum Gasteiger partial charge on any atom is 0.373 e. The standard InChI is InChI=1S/C40H62O12/c1-22(2)37-27(7)32(49-12)21-40(52-37,51-34(43)17-16-33(41)42)29(9)36(45)28(8)38-30(47-10)15-13-14-23(3)18-25(5)35(44)26(6)19-24(4)20-31(48-11)39(46)50-38/h13-17,19-20,22,25-30,32,35-38,44-45H,18,21H2,1-12H3,(H,41,42). The van der Waals surface area contributed by atoms with Crippen LogP contribution < -0.4 is 0 Å². The molecular weight excluding hydrogens is 672 g/mol. The number of hydrogen-bond donors (Lipinski definition) is 3. The Hall–Kier alpha value is -3.29. The van der Waals surface area contributed by atoms with Gasteiger partial charge in [-0.3, -0.25) is 0 Å². The van der Waals surface area contributed by atoms with Crippen molar-refractivity contribution in [3.8, 4) is 0 Å². The van der Waals surface area contributed by atoms with Crippen molar-refractivity contribution in [3.05, 3.63) is 59.4 Å². The summed E-state index contributed by atoms with van der Waals surface area (Å²) in [5.41, 5.74) is 1.70. The van der Waals surface area contributed by atoms with Gasteiger partial charge in [0.2, 0.25) is 11.5 Å². The molecule has 0 aliphatic carbocycles. The highest BCUT2D eigenvalue weighted by molar-refractivity contribution is 5.91. The fourth-order valence-corrected chi connectivity index (χ4v) is 7.30. The molecule has 12 atom stereocenters. The summed E-state index contributed by atoms with van der Waals surface area (Å²) >= 11 is 0. The van der Waals surface area contributed by atoms with E-state index in [0.717, 1.165) is 11.6 Å². The summed E-state index contributed by atoms with van der Waals surface area (Å²) in [6, 6.07) is 0. The van der Waals surface area contributed by atoms with Crippen LogP contribution in [0.3, 0.4) is 0 Å². The summed E-state index contributed by atoms with van der Waals surface area (Å²) < 4.78 is 35.8. The van der Waals surface area contributed by atoms with E-state index in [1.165, 1.54) is 14.2 Å². The molecule has 3 N–H and O–H groups in total. The molecule has 0 aromatic rings. The number of aliphatic carboxylic acids is 1. The predicted molar refractivity (Wildman–Crippen MR) is 196 cm³/mol. The number of carbonyl (C=O) groups is 3.